The first-order valence-electron chi connectivity index (χ1n) is 7.67. The Morgan fingerprint density at radius 2 is 2.14 bits per heavy atom. The molecule has 1 N–H and O–H groups in total. The highest BCUT2D eigenvalue weighted by Crippen LogP contribution is 2.28. The van der Waals surface area contributed by atoms with Crippen molar-refractivity contribution in [1.82, 2.24) is 9.29 Å². The Labute approximate surface area is 127 Å². The van der Waals surface area contributed by atoms with E-state index in [1.54, 1.807) is 22.6 Å². The first kappa shape index (κ1) is 16.2. The summed E-state index contributed by atoms with van der Waals surface area (Å²) < 4.78 is 27.3. The largest absolute Gasteiger partial charge is 0.370 e. The normalized spacial score (nSPS) is 24.0. The van der Waals surface area contributed by atoms with Gasteiger partial charge in [-0.05, 0) is 38.2 Å². The van der Waals surface area contributed by atoms with Crippen molar-refractivity contribution in [3.05, 3.63) is 18.3 Å². The molecule has 1 aromatic heterocycles. The van der Waals surface area contributed by atoms with E-state index in [9.17, 15) is 8.42 Å². The highest BCUT2D eigenvalue weighted by atomic mass is 32.2. The molecular weight excluding hydrogens is 286 g/mol. The second-order valence-corrected chi connectivity index (χ2v) is 7.80. The zero-order valence-electron chi connectivity index (χ0n) is 13.0. The lowest BCUT2D eigenvalue weighted by atomic mass is 9.97. The van der Waals surface area contributed by atoms with Crippen LogP contribution >= 0.6 is 0 Å². The molecule has 1 aliphatic heterocycles. The molecule has 5 nitrogen and oxygen atoms in total. The first-order valence-corrected chi connectivity index (χ1v) is 9.11. The third kappa shape index (κ3) is 3.74. The van der Waals surface area contributed by atoms with Gasteiger partial charge >= 0.3 is 0 Å². The number of pyridine rings is 1. The van der Waals surface area contributed by atoms with Gasteiger partial charge in [-0.3, -0.25) is 0 Å². The molecule has 0 saturated carbocycles. The molecule has 6 heteroatoms. The fourth-order valence-corrected chi connectivity index (χ4v) is 4.43. The standard InChI is InChI=1S/C15H25N3O2S/c1-4-8-16-15-10-14(7-9-17-15)21(19,20)18-11-12(2)5-6-13(18)3/h7,9-10,12-13H,4-6,8,11H2,1-3H3,(H,16,17). The fourth-order valence-electron chi connectivity index (χ4n) is 2.64. The van der Waals surface area contributed by atoms with Gasteiger partial charge < -0.3 is 5.32 Å². The molecule has 0 spiro atoms. The molecule has 2 atom stereocenters. The quantitative estimate of drug-likeness (QED) is 0.908. The lowest BCUT2D eigenvalue weighted by Gasteiger charge is -2.35. The molecule has 0 aromatic carbocycles. The third-order valence-electron chi connectivity index (χ3n) is 3.95. The van der Waals surface area contributed by atoms with Crippen molar-refractivity contribution >= 4 is 15.8 Å². The van der Waals surface area contributed by atoms with Crippen molar-refractivity contribution < 1.29 is 8.42 Å². The summed E-state index contributed by atoms with van der Waals surface area (Å²) in [5.74, 6) is 1.03. The molecule has 2 heterocycles. The molecule has 21 heavy (non-hydrogen) atoms. The van der Waals surface area contributed by atoms with Crippen LogP contribution in [-0.2, 0) is 10.0 Å². The van der Waals surface area contributed by atoms with E-state index in [4.69, 9.17) is 0 Å². The van der Waals surface area contributed by atoms with E-state index in [1.165, 1.54) is 0 Å². The van der Waals surface area contributed by atoms with Gasteiger partial charge in [0, 0.05) is 31.4 Å². The zero-order chi connectivity index (χ0) is 15.5. The first-order chi connectivity index (χ1) is 9.95. The summed E-state index contributed by atoms with van der Waals surface area (Å²) in [6, 6.07) is 3.28. The lowest BCUT2D eigenvalue weighted by molar-refractivity contribution is 0.218. The number of aromatic nitrogens is 1. The Balaban J connectivity index is 2.26. The van der Waals surface area contributed by atoms with Crippen LogP contribution in [-0.4, -0.2) is 36.8 Å². The number of nitrogens with zero attached hydrogens (tertiary/aromatic N) is 2. The van der Waals surface area contributed by atoms with Crippen LogP contribution in [0.4, 0.5) is 5.82 Å². The molecule has 1 aliphatic rings. The van der Waals surface area contributed by atoms with E-state index in [1.807, 2.05) is 6.92 Å². The molecule has 118 valence electrons. The van der Waals surface area contributed by atoms with Crippen LogP contribution in [0, 0.1) is 5.92 Å². The van der Waals surface area contributed by atoms with Crippen LogP contribution in [0.1, 0.15) is 40.0 Å². The van der Waals surface area contributed by atoms with E-state index in [0.717, 1.165) is 25.8 Å². The van der Waals surface area contributed by atoms with Crippen LogP contribution in [0.3, 0.4) is 0 Å². The van der Waals surface area contributed by atoms with E-state index in [2.05, 4.69) is 24.1 Å². The molecule has 0 radical (unpaired) electrons. The molecule has 1 aromatic rings. The summed E-state index contributed by atoms with van der Waals surface area (Å²) in [4.78, 5) is 4.51. The minimum Gasteiger partial charge on any atom is -0.370 e. The zero-order valence-corrected chi connectivity index (χ0v) is 13.9. The van der Waals surface area contributed by atoms with E-state index < -0.39 is 10.0 Å². The molecule has 1 saturated heterocycles. The highest BCUT2D eigenvalue weighted by molar-refractivity contribution is 7.89. The number of hydrogen-bond acceptors (Lipinski definition) is 4. The third-order valence-corrected chi connectivity index (χ3v) is 5.93. The molecule has 2 rings (SSSR count). The number of nitrogens with one attached hydrogen (secondary N) is 1. The van der Waals surface area contributed by atoms with Crippen molar-refractivity contribution in [2.45, 2.75) is 51.0 Å². The fraction of sp³-hybridized carbons (Fsp3) is 0.667. The highest BCUT2D eigenvalue weighted by Gasteiger charge is 2.33. The number of sulfonamides is 1. The molecule has 1 fully saturated rings. The van der Waals surface area contributed by atoms with E-state index in [0.29, 0.717) is 23.2 Å². The summed E-state index contributed by atoms with van der Waals surface area (Å²) >= 11 is 0. The van der Waals surface area contributed by atoms with Crippen LogP contribution in [0.15, 0.2) is 23.2 Å². The Kier molecular flexibility index (Phi) is 5.22. The van der Waals surface area contributed by atoms with Crippen LogP contribution in [0.25, 0.3) is 0 Å². The van der Waals surface area contributed by atoms with Crippen molar-refractivity contribution in [2.75, 3.05) is 18.4 Å². The van der Waals surface area contributed by atoms with Crippen molar-refractivity contribution in [2.24, 2.45) is 5.92 Å². The molecule has 0 bridgehead atoms. The Bertz CT molecular complexity index is 574. The summed E-state index contributed by atoms with van der Waals surface area (Å²) in [7, 11) is -3.44. The molecule has 0 amide bonds. The minimum atomic E-state index is -3.44. The average Bonchev–Trinajstić information content (AvgIpc) is 2.48. The average molecular weight is 311 g/mol. The van der Waals surface area contributed by atoms with Crippen molar-refractivity contribution in [3.63, 3.8) is 0 Å². The van der Waals surface area contributed by atoms with Gasteiger partial charge in [-0.2, -0.15) is 4.31 Å². The van der Waals surface area contributed by atoms with Gasteiger partial charge in [-0.1, -0.05) is 13.8 Å². The second kappa shape index (κ2) is 6.75. The SMILES string of the molecule is CCCNc1cc(S(=O)(=O)N2CC(C)CCC2C)ccn1. The lowest BCUT2D eigenvalue weighted by Crippen LogP contribution is -2.44. The van der Waals surface area contributed by atoms with E-state index in [-0.39, 0.29) is 6.04 Å². The Morgan fingerprint density at radius 3 is 2.86 bits per heavy atom. The van der Waals surface area contributed by atoms with E-state index >= 15 is 0 Å². The van der Waals surface area contributed by atoms with Gasteiger partial charge in [-0.25, -0.2) is 13.4 Å². The summed E-state index contributed by atoms with van der Waals surface area (Å²) in [6.45, 7) is 7.54. The van der Waals surface area contributed by atoms with Gasteiger partial charge in [-0.15, -0.1) is 0 Å². The Morgan fingerprint density at radius 1 is 1.38 bits per heavy atom. The predicted octanol–water partition coefficient (Wildman–Crippen LogP) is 2.71. The minimum absolute atomic E-state index is 0.0615. The van der Waals surface area contributed by atoms with Crippen molar-refractivity contribution in [3.8, 4) is 0 Å². The maximum absolute atomic E-state index is 12.8. The maximum Gasteiger partial charge on any atom is 0.243 e. The summed E-state index contributed by atoms with van der Waals surface area (Å²) in [5, 5.41) is 3.14. The smallest absolute Gasteiger partial charge is 0.243 e. The monoisotopic (exact) mass is 311 g/mol. The Hall–Kier alpha value is -1.14. The number of piperidine rings is 1. The van der Waals surface area contributed by atoms with Gasteiger partial charge in [0.15, 0.2) is 0 Å². The van der Waals surface area contributed by atoms with Gasteiger partial charge in [0.1, 0.15) is 5.82 Å². The molecule has 0 aliphatic carbocycles. The van der Waals surface area contributed by atoms with Gasteiger partial charge in [0.25, 0.3) is 0 Å². The van der Waals surface area contributed by atoms with Crippen LogP contribution < -0.4 is 5.32 Å². The number of rotatable bonds is 5. The summed E-state index contributed by atoms with van der Waals surface area (Å²) in [5.41, 5.74) is 0. The van der Waals surface area contributed by atoms with Gasteiger partial charge in [0.05, 0.1) is 4.90 Å². The molecular formula is C15H25N3O2S. The maximum atomic E-state index is 12.8. The van der Waals surface area contributed by atoms with Crippen molar-refractivity contribution in [1.29, 1.82) is 0 Å². The predicted molar refractivity (Wildman–Crippen MR) is 84.8 cm³/mol. The second-order valence-electron chi connectivity index (χ2n) is 5.91. The van der Waals surface area contributed by atoms with Gasteiger partial charge in [0.2, 0.25) is 10.0 Å². The van der Waals surface area contributed by atoms with Crippen LogP contribution in [0.2, 0.25) is 0 Å². The molecule has 2 unspecified atom stereocenters. The number of anilines is 1. The van der Waals surface area contributed by atoms with Crippen LogP contribution in [0.5, 0.6) is 0 Å². The topological polar surface area (TPSA) is 62.3 Å². The number of hydrogen-bond donors (Lipinski definition) is 1. The summed E-state index contributed by atoms with van der Waals surface area (Å²) in [6.07, 6.45) is 4.54.